The zero-order valence-corrected chi connectivity index (χ0v) is 9.47. The molecule has 1 saturated carbocycles. The van der Waals surface area contributed by atoms with Crippen molar-refractivity contribution in [3.63, 3.8) is 0 Å². The Bertz CT molecular complexity index is 131. The molecule has 0 heterocycles. The number of rotatable bonds is 4. The molecule has 0 amide bonds. The van der Waals surface area contributed by atoms with Gasteiger partial charge in [-0.05, 0) is 44.1 Å². The fourth-order valence-electron chi connectivity index (χ4n) is 2.55. The largest absolute Gasteiger partial charge is 0.314 e. The van der Waals surface area contributed by atoms with Gasteiger partial charge in [0.1, 0.15) is 0 Å². The topological polar surface area (TPSA) is 12.0 Å². The lowest BCUT2D eigenvalue weighted by Crippen LogP contribution is -2.40. The van der Waals surface area contributed by atoms with Gasteiger partial charge in [-0.1, -0.05) is 27.2 Å². The molecule has 0 spiro atoms. The van der Waals surface area contributed by atoms with E-state index in [2.05, 4.69) is 26.1 Å². The van der Waals surface area contributed by atoms with Crippen LogP contribution in [0.1, 0.15) is 52.9 Å². The van der Waals surface area contributed by atoms with Crippen molar-refractivity contribution >= 4 is 0 Å². The molecule has 13 heavy (non-hydrogen) atoms. The van der Waals surface area contributed by atoms with Crippen molar-refractivity contribution in [1.29, 1.82) is 0 Å². The highest BCUT2D eigenvalue weighted by Crippen LogP contribution is 2.30. The van der Waals surface area contributed by atoms with E-state index in [1.54, 1.807) is 0 Å². The molecular formula is C12H25N. The first kappa shape index (κ1) is 11.0. The predicted molar refractivity (Wildman–Crippen MR) is 58.9 cm³/mol. The van der Waals surface area contributed by atoms with Gasteiger partial charge in [0.2, 0.25) is 0 Å². The van der Waals surface area contributed by atoms with E-state index in [1.807, 2.05) is 0 Å². The van der Waals surface area contributed by atoms with Crippen LogP contribution >= 0.6 is 0 Å². The molecule has 1 fully saturated rings. The van der Waals surface area contributed by atoms with Crippen LogP contribution in [0.15, 0.2) is 0 Å². The Kier molecular flexibility index (Phi) is 4.79. The molecule has 1 rings (SSSR count). The summed E-state index contributed by atoms with van der Waals surface area (Å²) in [7, 11) is 0. The molecule has 0 saturated heterocycles. The average molecular weight is 183 g/mol. The third-order valence-electron chi connectivity index (χ3n) is 3.43. The Labute approximate surface area is 83.3 Å². The molecule has 1 nitrogen and oxygen atoms in total. The van der Waals surface area contributed by atoms with Crippen LogP contribution in [0.25, 0.3) is 0 Å². The van der Waals surface area contributed by atoms with Gasteiger partial charge in [0.25, 0.3) is 0 Å². The van der Waals surface area contributed by atoms with Gasteiger partial charge in [0.15, 0.2) is 0 Å². The molecule has 3 atom stereocenters. The minimum atomic E-state index is 0.821. The highest BCUT2D eigenvalue weighted by Gasteiger charge is 2.26. The van der Waals surface area contributed by atoms with Crippen molar-refractivity contribution in [1.82, 2.24) is 5.32 Å². The van der Waals surface area contributed by atoms with Crippen LogP contribution < -0.4 is 5.32 Å². The maximum Gasteiger partial charge on any atom is 0.00954 e. The minimum Gasteiger partial charge on any atom is -0.314 e. The summed E-state index contributed by atoms with van der Waals surface area (Å²) in [6.45, 7) is 8.19. The summed E-state index contributed by atoms with van der Waals surface area (Å²) in [5, 5.41) is 3.69. The minimum absolute atomic E-state index is 0.821. The van der Waals surface area contributed by atoms with Gasteiger partial charge < -0.3 is 5.32 Å². The summed E-state index contributed by atoms with van der Waals surface area (Å²) < 4.78 is 0. The van der Waals surface area contributed by atoms with Crippen molar-refractivity contribution in [3.05, 3.63) is 0 Å². The summed E-state index contributed by atoms with van der Waals surface area (Å²) >= 11 is 0. The molecule has 1 N–H and O–H groups in total. The predicted octanol–water partition coefficient (Wildman–Crippen LogP) is 3.20. The quantitative estimate of drug-likeness (QED) is 0.706. The molecule has 0 aromatic carbocycles. The van der Waals surface area contributed by atoms with E-state index in [1.165, 1.54) is 38.6 Å². The summed E-state index contributed by atoms with van der Waals surface area (Å²) in [4.78, 5) is 0. The van der Waals surface area contributed by atoms with Gasteiger partial charge in [-0.2, -0.15) is 0 Å². The van der Waals surface area contributed by atoms with Crippen LogP contribution in [-0.4, -0.2) is 12.6 Å². The van der Waals surface area contributed by atoms with Crippen LogP contribution in [0.3, 0.4) is 0 Å². The van der Waals surface area contributed by atoms with E-state index >= 15 is 0 Å². The molecule has 1 aliphatic rings. The van der Waals surface area contributed by atoms with Crippen LogP contribution in [0.2, 0.25) is 0 Å². The number of hydrogen-bond acceptors (Lipinski definition) is 1. The van der Waals surface area contributed by atoms with Gasteiger partial charge in [0, 0.05) is 6.04 Å². The molecule has 1 aliphatic carbocycles. The highest BCUT2D eigenvalue weighted by atomic mass is 14.9. The third-order valence-corrected chi connectivity index (χ3v) is 3.43. The van der Waals surface area contributed by atoms with Gasteiger partial charge >= 0.3 is 0 Å². The lowest BCUT2D eigenvalue weighted by atomic mass is 9.77. The Morgan fingerprint density at radius 1 is 1.23 bits per heavy atom. The molecule has 0 aromatic heterocycles. The number of nitrogens with one attached hydrogen (secondary N) is 1. The molecule has 1 heteroatoms. The normalized spacial score (nSPS) is 34.8. The zero-order chi connectivity index (χ0) is 9.68. The zero-order valence-electron chi connectivity index (χ0n) is 9.47. The molecule has 78 valence electrons. The fraction of sp³-hybridized carbons (Fsp3) is 1.00. The lowest BCUT2D eigenvalue weighted by molar-refractivity contribution is 0.208. The highest BCUT2D eigenvalue weighted by molar-refractivity contribution is 4.82. The fourth-order valence-corrected chi connectivity index (χ4v) is 2.55. The van der Waals surface area contributed by atoms with E-state index in [0.29, 0.717) is 0 Å². The van der Waals surface area contributed by atoms with Gasteiger partial charge in [-0.3, -0.25) is 0 Å². The monoisotopic (exact) mass is 183 g/mol. The first-order chi connectivity index (χ1) is 6.27. The molecule has 3 unspecified atom stereocenters. The van der Waals surface area contributed by atoms with E-state index < -0.39 is 0 Å². The van der Waals surface area contributed by atoms with Gasteiger partial charge in [-0.15, -0.1) is 0 Å². The van der Waals surface area contributed by atoms with Crippen molar-refractivity contribution in [2.45, 2.75) is 58.9 Å². The lowest BCUT2D eigenvalue weighted by Gasteiger charge is -2.35. The smallest absolute Gasteiger partial charge is 0.00954 e. The van der Waals surface area contributed by atoms with E-state index in [0.717, 1.165) is 17.9 Å². The maximum atomic E-state index is 3.69. The Morgan fingerprint density at radius 2 is 2.00 bits per heavy atom. The summed E-state index contributed by atoms with van der Waals surface area (Å²) in [6.07, 6.45) is 6.89. The summed E-state index contributed by atoms with van der Waals surface area (Å²) in [5.74, 6) is 1.90. The summed E-state index contributed by atoms with van der Waals surface area (Å²) in [5.41, 5.74) is 0. The SMILES string of the molecule is CCCNC1CCC(C)CC1CC. The molecular weight excluding hydrogens is 158 g/mol. The Hall–Kier alpha value is -0.0400. The Balaban J connectivity index is 2.33. The third kappa shape index (κ3) is 3.30. The van der Waals surface area contributed by atoms with Crippen molar-refractivity contribution in [2.75, 3.05) is 6.54 Å². The summed E-state index contributed by atoms with van der Waals surface area (Å²) in [6, 6.07) is 0.821. The number of hydrogen-bond donors (Lipinski definition) is 1. The first-order valence-corrected chi connectivity index (χ1v) is 6.01. The molecule has 0 bridgehead atoms. The van der Waals surface area contributed by atoms with Gasteiger partial charge in [0.05, 0.1) is 0 Å². The van der Waals surface area contributed by atoms with Crippen LogP contribution in [0.4, 0.5) is 0 Å². The maximum absolute atomic E-state index is 3.69. The van der Waals surface area contributed by atoms with Gasteiger partial charge in [-0.25, -0.2) is 0 Å². The van der Waals surface area contributed by atoms with Crippen LogP contribution in [0.5, 0.6) is 0 Å². The van der Waals surface area contributed by atoms with E-state index in [4.69, 9.17) is 0 Å². The molecule has 0 aliphatic heterocycles. The second-order valence-corrected chi connectivity index (χ2v) is 4.65. The van der Waals surface area contributed by atoms with Crippen molar-refractivity contribution in [3.8, 4) is 0 Å². The standard InChI is InChI=1S/C12H25N/c1-4-8-13-12-7-6-10(3)9-11(12)5-2/h10-13H,4-9H2,1-3H3. The van der Waals surface area contributed by atoms with Crippen LogP contribution in [0, 0.1) is 11.8 Å². The second-order valence-electron chi connectivity index (χ2n) is 4.65. The molecule has 0 aromatic rings. The Morgan fingerprint density at radius 3 is 2.62 bits per heavy atom. The van der Waals surface area contributed by atoms with E-state index in [9.17, 15) is 0 Å². The first-order valence-electron chi connectivity index (χ1n) is 6.01. The van der Waals surface area contributed by atoms with Crippen molar-refractivity contribution in [2.24, 2.45) is 11.8 Å². The van der Waals surface area contributed by atoms with Crippen molar-refractivity contribution < 1.29 is 0 Å². The van der Waals surface area contributed by atoms with Crippen LogP contribution in [-0.2, 0) is 0 Å². The second kappa shape index (κ2) is 5.64. The van der Waals surface area contributed by atoms with E-state index in [-0.39, 0.29) is 0 Å². The molecule has 0 radical (unpaired) electrons. The average Bonchev–Trinajstić information content (AvgIpc) is 2.16.